The van der Waals surface area contributed by atoms with Crippen molar-refractivity contribution in [1.29, 1.82) is 0 Å². The molecule has 0 radical (unpaired) electrons. The van der Waals surface area contributed by atoms with Crippen molar-refractivity contribution in [3.05, 3.63) is 57.7 Å². The van der Waals surface area contributed by atoms with Gasteiger partial charge in [-0.05, 0) is 50.2 Å². The van der Waals surface area contributed by atoms with E-state index in [4.69, 9.17) is 4.74 Å². The summed E-state index contributed by atoms with van der Waals surface area (Å²) in [4.78, 5) is 24.5. The van der Waals surface area contributed by atoms with Crippen LogP contribution in [0.3, 0.4) is 0 Å². The SMILES string of the molecule is COc1cccc(C(=O)Nc2ccc3c(c2)sc(=O)n3C(C)C)c1. The third-order valence-corrected chi connectivity index (χ3v) is 4.64. The van der Waals surface area contributed by atoms with E-state index in [1.54, 1.807) is 35.9 Å². The second-order valence-corrected chi connectivity index (χ2v) is 6.69. The van der Waals surface area contributed by atoms with E-state index in [-0.39, 0.29) is 16.8 Å². The molecule has 5 nitrogen and oxygen atoms in total. The number of nitrogens with zero attached hydrogens (tertiary/aromatic N) is 1. The number of methoxy groups -OCH3 is 1. The molecule has 6 heteroatoms. The molecule has 0 fully saturated rings. The molecule has 3 rings (SSSR count). The van der Waals surface area contributed by atoms with Crippen LogP contribution in [-0.4, -0.2) is 17.6 Å². The third-order valence-electron chi connectivity index (χ3n) is 3.72. The Morgan fingerprint density at radius 3 is 2.71 bits per heavy atom. The molecule has 0 atom stereocenters. The smallest absolute Gasteiger partial charge is 0.308 e. The maximum atomic E-state index is 12.4. The molecule has 0 saturated carbocycles. The second-order valence-electron chi connectivity index (χ2n) is 5.70. The maximum Gasteiger partial charge on any atom is 0.308 e. The lowest BCUT2D eigenvalue weighted by atomic mass is 10.2. The molecule has 1 aromatic heterocycles. The van der Waals surface area contributed by atoms with Gasteiger partial charge in [-0.3, -0.25) is 14.2 Å². The van der Waals surface area contributed by atoms with Crippen molar-refractivity contribution in [2.75, 3.05) is 12.4 Å². The van der Waals surface area contributed by atoms with Gasteiger partial charge in [0, 0.05) is 17.3 Å². The predicted octanol–water partition coefficient (Wildman–Crippen LogP) is 3.90. The minimum atomic E-state index is -0.219. The normalized spacial score (nSPS) is 11.0. The molecule has 24 heavy (non-hydrogen) atoms. The zero-order valence-electron chi connectivity index (χ0n) is 13.7. The zero-order chi connectivity index (χ0) is 17.3. The molecule has 0 unspecified atom stereocenters. The van der Waals surface area contributed by atoms with E-state index in [1.165, 1.54) is 11.3 Å². The number of nitrogens with one attached hydrogen (secondary N) is 1. The van der Waals surface area contributed by atoms with Gasteiger partial charge in [0.15, 0.2) is 0 Å². The van der Waals surface area contributed by atoms with Crippen LogP contribution in [0.5, 0.6) is 5.75 Å². The summed E-state index contributed by atoms with van der Waals surface area (Å²) >= 11 is 1.19. The van der Waals surface area contributed by atoms with Crippen LogP contribution in [0.1, 0.15) is 30.2 Å². The Morgan fingerprint density at radius 2 is 2.00 bits per heavy atom. The highest BCUT2D eigenvalue weighted by atomic mass is 32.1. The van der Waals surface area contributed by atoms with Crippen LogP contribution in [0.15, 0.2) is 47.3 Å². The van der Waals surface area contributed by atoms with E-state index >= 15 is 0 Å². The van der Waals surface area contributed by atoms with E-state index in [2.05, 4.69) is 5.32 Å². The highest BCUT2D eigenvalue weighted by Gasteiger charge is 2.12. The van der Waals surface area contributed by atoms with Gasteiger partial charge in [0.2, 0.25) is 0 Å². The standard InChI is InChI=1S/C18H18N2O3S/c1-11(2)20-15-8-7-13(10-16(15)24-18(20)22)19-17(21)12-5-4-6-14(9-12)23-3/h4-11H,1-3H3,(H,19,21). The van der Waals surface area contributed by atoms with E-state index in [9.17, 15) is 9.59 Å². The largest absolute Gasteiger partial charge is 0.497 e. The molecule has 0 spiro atoms. The number of hydrogen-bond donors (Lipinski definition) is 1. The minimum absolute atomic E-state index is 0.0104. The number of anilines is 1. The fraction of sp³-hybridized carbons (Fsp3) is 0.222. The average molecular weight is 342 g/mol. The Bertz CT molecular complexity index is 956. The molecular weight excluding hydrogens is 324 g/mol. The van der Waals surface area contributed by atoms with E-state index in [1.807, 2.05) is 32.0 Å². The van der Waals surface area contributed by atoms with Gasteiger partial charge in [-0.25, -0.2) is 0 Å². The molecule has 0 saturated heterocycles. The molecule has 2 aromatic carbocycles. The highest BCUT2D eigenvalue weighted by Crippen LogP contribution is 2.24. The van der Waals surface area contributed by atoms with Crippen LogP contribution in [0.2, 0.25) is 0 Å². The first kappa shape index (κ1) is 16.3. The molecule has 0 aliphatic heterocycles. The van der Waals surface area contributed by atoms with Gasteiger partial charge in [-0.1, -0.05) is 17.4 Å². The Balaban J connectivity index is 1.90. The number of amides is 1. The van der Waals surface area contributed by atoms with Crippen LogP contribution in [0.4, 0.5) is 5.69 Å². The summed E-state index contributed by atoms with van der Waals surface area (Å²) in [6.07, 6.45) is 0. The molecule has 1 heterocycles. The molecule has 1 N–H and O–H groups in total. The van der Waals surface area contributed by atoms with Crippen molar-refractivity contribution < 1.29 is 9.53 Å². The fourth-order valence-corrected chi connectivity index (χ4v) is 3.62. The van der Waals surface area contributed by atoms with Crippen LogP contribution in [-0.2, 0) is 0 Å². The number of aromatic nitrogens is 1. The van der Waals surface area contributed by atoms with Gasteiger partial charge >= 0.3 is 4.87 Å². The van der Waals surface area contributed by atoms with Crippen molar-refractivity contribution in [3.8, 4) is 5.75 Å². The molecule has 0 aliphatic rings. The zero-order valence-corrected chi connectivity index (χ0v) is 14.5. The van der Waals surface area contributed by atoms with Crippen molar-refractivity contribution in [2.24, 2.45) is 0 Å². The number of rotatable bonds is 4. The minimum Gasteiger partial charge on any atom is -0.497 e. The summed E-state index contributed by atoms with van der Waals surface area (Å²) in [5.41, 5.74) is 2.06. The summed E-state index contributed by atoms with van der Waals surface area (Å²) in [6.45, 7) is 3.96. The van der Waals surface area contributed by atoms with Crippen molar-refractivity contribution in [2.45, 2.75) is 19.9 Å². The van der Waals surface area contributed by atoms with Crippen LogP contribution >= 0.6 is 11.3 Å². The lowest BCUT2D eigenvalue weighted by molar-refractivity contribution is 0.102. The molecule has 1 amide bonds. The van der Waals surface area contributed by atoms with Crippen LogP contribution in [0.25, 0.3) is 10.2 Å². The number of fused-ring (bicyclic) bond motifs is 1. The Morgan fingerprint density at radius 1 is 1.21 bits per heavy atom. The van der Waals surface area contributed by atoms with Gasteiger partial charge in [-0.15, -0.1) is 0 Å². The summed E-state index contributed by atoms with van der Waals surface area (Å²) in [7, 11) is 1.56. The summed E-state index contributed by atoms with van der Waals surface area (Å²) < 4.78 is 7.75. The molecule has 124 valence electrons. The summed E-state index contributed by atoms with van der Waals surface area (Å²) in [5, 5.41) is 2.86. The lowest BCUT2D eigenvalue weighted by Crippen LogP contribution is -2.14. The predicted molar refractivity (Wildman–Crippen MR) is 97.4 cm³/mol. The number of carbonyl (C=O) groups is 1. The number of ether oxygens (including phenoxy) is 1. The van der Waals surface area contributed by atoms with E-state index < -0.39 is 0 Å². The van der Waals surface area contributed by atoms with Gasteiger partial charge in [0.25, 0.3) is 5.91 Å². The first-order valence-corrected chi connectivity index (χ1v) is 8.41. The number of carbonyl (C=O) groups excluding carboxylic acids is 1. The van der Waals surface area contributed by atoms with Gasteiger partial charge < -0.3 is 10.1 Å². The number of hydrogen-bond acceptors (Lipinski definition) is 4. The second kappa shape index (κ2) is 6.49. The van der Waals surface area contributed by atoms with E-state index in [0.717, 1.165) is 10.2 Å². The van der Waals surface area contributed by atoms with Crippen LogP contribution < -0.4 is 14.9 Å². The Hall–Kier alpha value is -2.60. The monoisotopic (exact) mass is 342 g/mol. The topological polar surface area (TPSA) is 60.3 Å². The first-order chi connectivity index (χ1) is 11.5. The summed E-state index contributed by atoms with van der Waals surface area (Å²) in [5.74, 6) is 0.411. The third kappa shape index (κ3) is 3.05. The van der Waals surface area contributed by atoms with Gasteiger partial charge in [-0.2, -0.15) is 0 Å². The molecule has 0 bridgehead atoms. The van der Waals surface area contributed by atoms with Crippen LogP contribution in [0, 0.1) is 0 Å². The van der Waals surface area contributed by atoms with Crippen molar-refractivity contribution >= 4 is 33.1 Å². The lowest BCUT2D eigenvalue weighted by Gasteiger charge is -2.09. The molecule has 0 aliphatic carbocycles. The van der Waals surface area contributed by atoms with Gasteiger partial charge in [0.05, 0.1) is 17.3 Å². The quantitative estimate of drug-likeness (QED) is 0.782. The van der Waals surface area contributed by atoms with E-state index in [0.29, 0.717) is 17.0 Å². The Kier molecular flexibility index (Phi) is 4.40. The molecular formula is C18H18N2O3S. The van der Waals surface area contributed by atoms with Crippen molar-refractivity contribution in [1.82, 2.24) is 4.57 Å². The fourth-order valence-electron chi connectivity index (χ4n) is 2.57. The van der Waals surface area contributed by atoms with Gasteiger partial charge in [0.1, 0.15) is 5.75 Å². The Labute approximate surface area is 143 Å². The molecule has 3 aromatic rings. The average Bonchev–Trinajstić information content (AvgIpc) is 2.90. The maximum absolute atomic E-state index is 12.4. The number of benzene rings is 2. The first-order valence-electron chi connectivity index (χ1n) is 7.60. The highest BCUT2D eigenvalue weighted by molar-refractivity contribution is 7.16. The van der Waals surface area contributed by atoms with Crippen molar-refractivity contribution in [3.63, 3.8) is 0 Å². The summed E-state index contributed by atoms with van der Waals surface area (Å²) in [6, 6.07) is 12.6. The number of thiazole rings is 1.